The van der Waals surface area contributed by atoms with Gasteiger partial charge < -0.3 is 20.3 Å². The molecule has 6 heteroatoms. The van der Waals surface area contributed by atoms with E-state index in [1.807, 2.05) is 0 Å². The fourth-order valence-electron chi connectivity index (χ4n) is 3.05. The number of amides is 2. The summed E-state index contributed by atoms with van der Waals surface area (Å²) in [5, 5.41) is 5.58. The van der Waals surface area contributed by atoms with E-state index in [1.165, 1.54) is 12.6 Å². The number of aryl methyl sites for hydroxylation is 1. The van der Waals surface area contributed by atoms with Gasteiger partial charge in [0.25, 0.3) is 0 Å². The van der Waals surface area contributed by atoms with Crippen LogP contribution in [0.25, 0.3) is 0 Å². The van der Waals surface area contributed by atoms with Crippen molar-refractivity contribution in [3.05, 3.63) is 54.1 Å². The molecule has 0 aliphatic carbocycles. The van der Waals surface area contributed by atoms with E-state index in [-0.39, 0.29) is 11.8 Å². The van der Waals surface area contributed by atoms with E-state index in [4.69, 9.17) is 4.74 Å². The topological polar surface area (TPSA) is 70.7 Å². The van der Waals surface area contributed by atoms with Gasteiger partial charge in [0, 0.05) is 43.5 Å². The Bertz CT molecular complexity index is 784. The lowest BCUT2D eigenvalue weighted by Crippen LogP contribution is -2.36. The van der Waals surface area contributed by atoms with Crippen LogP contribution in [-0.2, 0) is 20.7 Å². The van der Waals surface area contributed by atoms with E-state index < -0.39 is 0 Å². The van der Waals surface area contributed by atoms with Gasteiger partial charge in [-0.1, -0.05) is 18.2 Å². The maximum absolute atomic E-state index is 12.2. The summed E-state index contributed by atoms with van der Waals surface area (Å²) in [5.41, 5.74) is 3.67. The Balaban J connectivity index is 1.49. The fraction of sp³-hybridized carbons (Fsp3) is 0.333. The molecule has 1 fully saturated rings. The first-order valence-corrected chi connectivity index (χ1v) is 9.19. The molecule has 1 heterocycles. The summed E-state index contributed by atoms with van der Waals surface area (Å²) in [6, 6.07) is 15.5. The molecule has 0 bridgehead atoms. The fourth-order valence-corrected chi connectivity index (χ4v) is 3.05. The molecule has 3 rings (SSSR count). The van der Waals surface area contributed by atoms with Gasteiger partial charge in [-0.25, -0.2) is 0 Å². The molecule has 2 N–H and O–H groups in total. The summed E-state index contributed by atoms with van der Waals surface area (Å²) in [6.07, 6.45) is 1.09. The van der Waals surface area contributed by atoms with E-state index in [0.29, 0.717) is 24.2 Å². The van der Waals surface area contributed by atoms with Gasteiger partial charge >= 0.3 is 0 Å². The van der Waals surface area contributed by atoms with Crippen LogP contribution < -0.4 is 15.5 Å². The van der Waals surface area contributed by atoms with Crippen LogP contribution >= 0.6 is 0 Å². The van der Waals surface area contributed by atoms with Crippen molar-refractivity contribution in [2.45, 2.75) is 19.8 Å². The molecule has 2 aromatic carbocycles. The average molecular weight is 367 g/mol. The van der Waals surface area contributed by atoms with Crippen LogP contribution in [0, 0.1) is 0 Å². The standard InChI is InChI=1S/C21H25N3O3/c1-16(25)22-18-3-2-4-19(15-18)23-21(26)10-7-17-5-8-20(9-6-17)24-11-13-27-14-12-24/h2-6,8-9,15H,7,10-14H2,1H3,(H,22,25)(H,23,26). The van der Waals surface area contributed by atoms with Crippen molar-refractivity contribution in [3.8, 4) is 0 Å². The number of nitrogens with one attached hydrogen (secondary N) is 2. The van der Waals surface area contributed by atoms with Crippen molar-refractivity contribution >= 4 is 28.9 Å². The quantitative estimate of drug-likeness (QED) is 0.823. The van der Waals surface area contributed by atoms with E-state index in [9.17, 15) is 9.59 Å². The summed E-state index contributed by atoms with van der Waals surface area (Å²) in [4.78, 5) is 25.6. The second-order valence-electron chi connectivity index (χ2n) is 6.58. The molecular formula is C21H25N3O3. The molecule has 1 saturated heterocycles. The van der Waals surface area contributed by atoms with Crippen LogP contribution in [-0.4, -0.2) is 38.1 Å². The van der Waals surface area contributed by atoms with Gasteiger partial charge in [0.1, 0.15) is 0 Å². The van der Waals surface area contributed by atoms with E-state index >= 15 is 0 Å². The third kappa shape index (κ3) is 5.82. The number of nitrogens with zero attached hydrogens (tertiary/aromatic N) is 1. The number of hydrogen-bond acceptors (Lipinski definition) is 4. The molecule has 2 amide bonds. The highest BCUT2D eigenvalue weighted by Gasteiger charge is 2.11. The highest BCUT2D eigenvalue weighted by Crippen LogP contribution is 2.18. The smallest absolute Gasteiger partial charge is 0.224 e. The lowest BCUT2D eigenvalue weighted by molar-refractivity contribution is -0.116. The number of carbonyl (C=O) groups excluding carboxylic acids is 2. The number of morpholine rings is 1. The zero-order valence-corrected chi connectivity index (χ0v) is 15.5. The molecule has 0 atom stereocenters. The monoisotopic (exact) mass is 367 g/mol. The molecule has 0 radical (unpaired) electrons. The molecule has 27 heavy (non-hydrogen) atoms. The summed E-state index contributed by atoms with van der Waals surface area (Å²) < 4.78 is 5.38. The summed E-state index contributed by atoms with van der Waals surface area (Å²) in [7, 11) is 0. The first-order valence-electron chi connectivity index (χ1n) is 9.19. The Labute approximate surface area is 159 Å². The minimum absolute atomic E-state index is 0.0489. The molecule has 6 nitrogen and oxygen atoms in total. The Kier molecular flexibility index (Phi) is 6.44. The predicted octanol–water partition coefficient (Wildman–Crippen LogP) is 3.05. The summed E-state index contributed by atoms with van der Waals surface area (Å²) in [5.74, 6) is -0.189. The van der Waals surface area contributed by atoms with Gasteiger partial charge in [-0.05, 0) is 42.3 Å². The van der Waals surface area contributed by atoms with E-state index in [1.54, 1.807) is 24.3 Å². The minimum Gasteiger partial charge on any atom is -0.378 e. The van der Waals surface area contributed by atoms with Crippen molar-refractivity contribution in [1.82, 2.24) is 0 Å². The molecule has 142 valence electrons. The normalized spacial score (nSPS) is 13.9. The average Bonchev–Trinajstić information content (AvgIpc) is 2.67. The molecule has 0 unspecified atom stereocenters. The second kappa shape index (κ2) is 9.19. The van der Waals surface area contributed by atoms with Crippen molar-refractivity contribution in [2.75, 3.05) is 41.8 Å². The number of anilines is 3. The first kappa shape index (κ1) is 18.9. The van der Waals surface area contributed by atoms with E-state index in [2.05, 4.69) is 39.8 Å². The van der Waals surface area contributed by atoms with E-state index in [0.717, 1.165) is 31.9 Å². The highest BCUT2D eigenvalue weighted by molar-refractivity contribution is 5.93. The molecule has 2 aromatic rings. The minimum atomic E-state index is -0.140. The number of rotatable bonds is 6. The van der Waals surface area contributed by atoms with Gasteiger partial charge in [-0.15, -0.1) is 0 Å². The van der Waals surface area contributed by atoms with Gasteiger partial charge in [-0.2, -0.15) is 0 Å². The van der Waals surface area contributed by atoms with Crippen molar-refractivity contribution in [3.63, 3.8) is 0 Å². The largest absolute Gasteiger partial charge is 0.378 e. The summed E-state index contributed by atoms with van der Waals surface area (Å²) >= 11 is 0. The SMILES string of the molecule is CC(=O)Nc1cccc(NC(=O)CCc2ccc(N3CCOCC3)cc2)c1. The molecular weight excluding hydrogens is 342 g/mol. The van der Waals surface area contributed by atoms with Gasteiger partial charge in [0.05, 0.1) is 13.2 Å². The lowest BCUT2D eigenvalue weighted by Gasteiger charge is -2.28. The third-order valence-electron chi connectivity index (χ3n) is 4.42. The van der Waals surface area contributed by atoms with Crippen molar-refractivity contribution in [2.24, 2.45) is 0 Å². The summed E-state index contributed by atoms with van der Waals surface area (Å²) in [6.45, 7) is 4.82. The van der Waals surface area contributed by atoms with Crippen LogP contribution in [0.5, 0.6) is 0 Å². The number of ether oxygens (including phenoxy) is 1. The molecule has 0 spiro atoms. The van der Waals surface area contributed by atoms with Crippen LogP contribution in [0.3, 0.4) is 0 Å². The Morgan fingerprint density at radius 3 is 2.33 bits per heavy atom. The van der Waals surface area contributed by atoms with Crippen LogP contribution in [0.2, 0.25) is 0 Å². The van der Waals surface area contributed by atoms with Crippen LogP contribution in [0.15, 0.2) is 48.5 Å². The first-order chi connectivity index (χ1) is 13.1. The zero-order valence-electron chi connectivity index (χ0n) is 15.5. The van der Waals surface area contributed by atoms with Crippen LogP contribution in [0.1, 0.15) is 18.9 Å². The third-order valence-corrected chi connectivity index (χ3v) is 4.42. The number of hydrogen-bond donors (Lipinski definition) is 2. The van der Waals surface area contributed by atoms with Crippen molar-refractivity contribution in [1.29, 1.82) is 0 Å². The molecule has 1 aliphatic rings. The van der Waals surface area contributed by atoms with Crippen LogP contribution in [0.4, 0.5) is 17.1 Å². The van der Waals surface area contributed by atoms with Gasteiger partial charge in [0.15, 0.2) is 0 Å². The Morgan fingerprint density at radius 2 is 1.67 bits per heavy atom. The van der Waals surface area contributed by atoms with Crippen molar-refractivity contribution < 1.29 is 14.3 Å². The maximum Gasteiger partial charge on any atom is 0.224 e. The lowest BCUT2D eigenvalue weighted by atomic mass is 10.1. The number of carbonyl (C=O) groups is 2. The van der Waals surface area contributed by atoms with Gasteiger partial charge in [0.2, 0.25) is 11.8 Å². The Morgan fingerprint density at radius 1 is 1.00 bits per heavy atom. The number of benzene rings is 2. The predicted molar refractivity (Wildman–Crippen MR) is 107 cm³/mol. The van der Waals surface area contributed by atoms with Gasteiger partial charge in [-0.3, -0.25) is 9.59 Å². The Hall–Kier alpha value is -2.86. The molecule has 0 saturated carbocycles. The molecule has 1 aliphatic heterocycles. The maximum atomic E-state index is 12.2. The second-order valence-corrected chi connectivity index (χ2v) is 6.58. The zero-order chi connectivity index (χ0) is 19.1. The molecule has 0 aromatic heterocycles. The highest BCUT2D eigenvalue weighted by atomic mass is 16.5.